The largest absolute Gasteiger partial charge is 0.381 e. The normalized spacial score (nSPS) is 35.4. The molecule has 0 bridgehead atoms. The lowest BCUT2D eigenvalue weighted by Gasteiger charge is -2.39. The Morgan fingerprint density at radius 2 is 1.85 bits per heavy atom. The van der Waals surface area contributed by atoms with Gasteiger partial charge in [0.25, 0.3) is 0 Å². The maximum Gasteiger partial charge on any atom is 0.0686 e. The van der Waals surface area contributed by atoms with E-state index in [9.17, 15) is 0 Å². The van der Waals surface area contributed by atoms with Crippen molar-refractivity contribution in [2.75, 3.05) is 24.7 Å². The van der Waals surface area contributed by atoms with Gasteiger partial charge in [-0.05, 0) is 53.9 Å². The summed E-state index contributed by atoms with van der Waals surface area (Å²) in [7, 11) is 0. The fourth-order valence-corrected chi connectivity index (χ4v) is 8.27. The zero-order valence-electron chi connectivity index (χ0n) is 11.4. The van der Waals surface area contributed by atoms with Crippen molar-refractivity contribution in [2.24, 2.45) is 11.8 Å². The number of thioether (sulfide) groups is 2. The molecule has 1 nitrogen and oxygen atoms in total. The van der Waals surface area contributed by atoms with Crippen molar-refractivity contribution in [3.8, 4) is 0 Å². The van der Waals surface area contributed by atoms with Crippen LogP contribution < -0.4 is 0 Å². The van der Waals surface area contributed by atoms with Gasteiger partial charge in [0.15, 0.2) is 0 Å². The Morgan fingerprint density at radius 3 is 2.60 bits per heavy atom. The topological polar surface area (TPSA) is 9.23 Å². The molecule has 0 radical (unpaired) electrons. The molecule has 2 saturated heterocycles. The fourth-order valence-electron chi connectivity index (χ4n) is 4.07. The molecule has 0 N–H and O–H groups in total. The van der Waals surface area contributed by atoms with E-state index in [2.05, 4.69) is 63.7 Å². The molecular formula is C16H19BrOS2. The van der Waals surface area contributed by atoms with E-state index in [0.29, 0.717) is 10.00 Å². The minimum absolute atomic E-state index is 0.422. The third-order valence-corrected chi connectivity index (χ3v) is 8.95. The summed E-state index contributed by atoms with van der Waals surface area (Å²) >= 11 is 8.03. The van der Waals surface area contributed by atoms with Crippen LogP contribution in [0.4, 0.5) is 0 Å². The van der Waals surface area contributed by atoms with Crippen LogP contribution in [0, 0.1) is 11.8 Å². The standard InChI is InChI=1S/C16H19BrOS2/c17-13-4-2-11(3-5-13)15-14-10-18-9-12(14)8-16(15)19-6-1-7-20-16/h2-5,12,14-15H,1,6-10H2/t12-,14+,15-/m1/s1. The van der Waals surface area contributed by atoms with Gasteiger partial charge >= 0.3 is 0 Å². The molecule has 0 aromatic heterocycles. The average molecular weight is 371 g/mol. The number of benzene rings is 1. The summed E-state index contributed by atoms with van der Waals surface area (Å²) in [5.74, 6) is 4.84. The van der Waals surface area contributed by atoms with E-state index in [1.54, 1.807) is 0 Å². The van der Waals surface area contributed by atoms with Crippen molar-refractivity contribution in [1.29, 1.82) is 0 Å². The van der Waals surface area contributed by atoms with Gasteiger partial charge in [0.1, 0.15) is 0 Å². The number of hydrogen-bond acceptors (Lipinski definition) is 3. The molecule has 4 heteroatoms. The van der Waals surface area contributed by atoms with Crippen molar-refractivity contribution < 1.29 is 4.74 Å². The maximum atomic E-state index is 5.79. The zero-order valence-corrected chi connectivity index (χ0v) is 14.6. The third-order valence-electron chi connectivity index (χ3n) is 4.91. The Kier molecular flexibility index (Phi) is 3.87. The summed E-state index contributed by atoms with van der Waals surface area (Å²) in [5.41, 5.74) is 1.52. The van der Waals surface area contributed by atoms with E-state index < -0.39 is 0 Å². The molecule has 3 fully saturated rings. The number of halogens is 1. The van der Waals surface area contributed by atoms with Crippen molar-refractivity contribution in [3.63, 3.8) is 0 Å². The van der Waals surface area contributed by atoms with E-state index in [1.807, 2.05) is 0 Å². The Balaban J connectivity index is 1.73. The van der Waals surface area contributed by atoms with Gasteiger partial charge in [-0.1, -0.05) is 28.1 Å². The van der Waals surface area contributed by atoms with E-state index in [1.165, 1.54) is 34.4 Å². The van der Waals surface area contributed by atoms with Crippen LogP contribution in [0.5, 0.6) is 0 Å². The van der Waals surface area contributed by atoms with E-state index in [4.69, 9.17) is 4.74 Å². The van der Waals surface area contributed by atoms with Gasteiger partial charge in [-0.3, -0.25) is 0 Å². The molecule has 1 spiro atoms. The van der Waals surface area contributed by atoms with Gasteiger partial charge in [-0.25, -0.2) is 0 Å². The molecule has 1 saturated carbocycles. The molecule has 1 aliphatic carbocycles. The molecule has 2 heterocycles. The molecule has 0 amide bonds. The summed E-state index contributed by atoms with van der Waals surface area (Å²) in [5, 5.41) is 0. The SMILES string of the molecule is Brc1ccc([C@@H]2[C@H]3COC[C@H]3CC23SCCCS3)cc1. The highest BCUT2D eigenvalue weighted by Crippen LogP contribution is 2.64. The molecule has 1 aromatic rings. The lowest BCUT2D eigenvalue weighted by molar-refractivity contribution is 0.170. The monoisotopic (exact) mass is 370 g/mol. The maximum absolute atomic E-state index is 5.79. The molecule has 108 valence electrons. The Morgan fingerprint density at radius 1 is 1.10 bits per heavy atom. The van der Waals surface area contributed by atoms with Crippen LogP contribution in [-0.2, 0) is 4.74 Å². The van der Waals surface area contributed by atoms with Crippen molar-refractivity contribution >= 4 is 39.5 Å². The van der Waals surface area contributed by atoms with Gasteiger partial charge in [0, 0.05) is 17.0 Å². The second-order valence-corrected chi connectivity index (χ2v) is 10.1. The van der Waals surface area contributed by atoms with Crippen LogP contribution in [0.25, 0.3) is 0 Å². The smallest absolute Gasteiger partial charge is 0.0686 e. The van der Waals surface area contributed by atoms with Crippen LogP contribution in [-0.4, -0.2) is 28.8 Å². The summed E-state index contributed by atoms with van der Waals surface area (Å²) in [6.07, 6.45) is 2.71. The summed E-state index contributed by atoms with van der Waals surface area (Å²) in [6, 6.07) is 9.05. The van der Waals surface area contributed by atoms with Gasteiger partial charge in [-0.15, -0.1) is 23.5 Å². The van der Waals surface area contributed by atoms with Gasteiger partial charge in [-0.2, -0.15) is 0 Å². The van der Waals surface area contributed by atoms with E-state index in [-0.39, 0.29) is 0 Å². The average Bonchev–Trinajstić information content (AvgIpc) is 3.00. The van der Waals surface area contributed by atoms with Crippen LogP contribution in [0.3, 0.4) is 0 Å². The first-order valence-electron chi connectivity index (χ1n) is 7.40. The quantitative estimate of drug-likeness (QED) is 0.704. The van der Waals surface area contributed by atoms with Gasteiger partial charge in [0.2, 0.25) is 0 Å². The molecular weight excluding hydrogens is 352 g/mol. The predicted molar refractivity (Wildman–Crippen MR) is 91.6 cm³/mol. The highest BCUT2D eigenvalue weighted by Gasteiger charge is 2.56. The summed E-state index contributed by atoms with van der Waals surface area (Å²) < 4.78 is 7.39. The highest BCUT2D eigenvalue weighted by atomic mass is 79.9. The van der Waals surface area contributed by atoms with Gasteiger partial charge in [0.05, 0.1) is 10.7 Å². The fraction of sp³-hybridized carbons (Fsp3) is 0.625. The lowest BCUT2D eigenvalue weighted by atomic mass is 9.86. The van der Waals surface area contributed by atoms with Crippen molar-refractivity contribution in [2.45, 2.75) is 22.8 Å². The van der Waals surface area contributed by atoms with Crippen LogP contribution in [0.15, 0.2) is 28.7 Å². The number of fused-ring (bicyclic) bond motifs is 1. The second kappa shape index (κ2) is 5.53. The second-order valence-electron chi connectivity index (χ2n) is 6.06. The molecule has 4 rings (SSSR count). The molecule has 3 aliphatic rings. The molecule has 2 aliphatic heterocycles. The van der Waals surface area contributed by atoms with Crippen LogP contribution in [0.1, 0.15) is 24.3 Å². The number of ether oxygens (including phenoxy) is 1. The first-order chi connectivity index (χ1) is 9.78. The first kappa shape index (κ1) is 14.0. The van der Waals surface area contributed by atoms with E-state index >= 15 is 0 Å². The summed E-state index contributed by atoms with van der Waals surface area (Å²) in [4.78, 5) is 0. The lowest BCUT2D eigenvalue weighted by Crippen LogP contribution is -2.31. The molecule has 3 atom stereocenters. The Hall–Kier alpha value is 0.360. The van der Waals surface area contributed by atoms with Gasteiger partial charge < -0.3 is 4.74 Å². The number of hydrogen-bond donors (Lipinski definition) is 0. The zero-order chi connectivity index (χ0) is 13.6. The van der Waals surface area contributed by atoms with Crippen LogP contribution >= 0.6 is 39.5 Å². The first-order valence-corrected chi connectivity index (χ1v) is 10.2. The Labute approximate surface area is 137 Å². The van der Waals surface area contributed by atoms with Crippen LogP contribution in [0.2, 0.25) is 0 Å². The third kappa shape index (κ3) is 2.27. The Bertz CT molecular complexity index is 484. The number of rotatable bonds is 1. The molecule has 20 heavy (non-hydrogen) atoms. The summed E-state index contributed by atoms with van der Waals surface area (Å²) in [6.45, 7) is 1.95. The minimum Gasteiger partial charge on any atom is -0.381 e. The molecule has 1 aromatic carbocycles. The highest BCUT2D eigenvalue weighted by molar-refractivity contribution is 9.10. The predicted octanol–water partition coefficient (Wildman–Crippen LogP) is 4.77. The molecule has 0 unspecified atom stereocenters. The van der Waals surface area contributed by atoms with E-state index in [0.717, 1.165) is 25.0 Å². The van der Waals surface area contributed by atoms with Crippen molar-refractivity contribution in [1.82, 2.24) is 0 Å². The van der Waals surface area contributed by atoms with Crippen molar-refractivity contribution in [3.05, 3.63) is 34.3 Å². The minimum atomic E-state index is 0.422.